The lowest BCUT2D eigenvalue weighted by atomic mass is 10.0. The monoisotopic (exact) mass is 263 g/mol. The van der Waals surface area contributed by atoms with E-state index < -0.39 is 15.6 Å². The summed E-state index contributed by atoms with van der Waals surface area (Å²) in [4.78, 5) is 3.67. The van der Waals surface area contributed by atoms with Crippen molar-refractivity contribution in [1.29, 1.82) is 0 Å². The Labute approximate surface area is 103 Å². The van der Waals surface area contributed by atoms with Crippen LogP contribution in [0.1, 0.15) is 19.3 Å². The molecule has 0 saturated carbocycles. The molecular formula is C10H21N3O3S. The van der Waals surface area contributed by atoms with Gasteiger partial charge in [-0.1, -0.05) is 0 Å². The van der Waals surface area contributed by atoms with Crippen molar-refractivity contribution in [3.05, 3.63) is 0 Å². The van der Waals surface area contributed by atoms with Crippen molar-refractivity contribution in [3.63, 3.8) is 0 Å². The van der Waals surface area contributed by atoms with E-state index in [4.69, 9.17) is 0 Å². The van der Waals surface area contributed by atoms with Gasteiger partial charge in [0, 0.05) is 19.1 Å². The summed E-state index contributed by atoms with van der Waals surface area (Å²) in [6, 6.07) is 0.255. The van der Waals surface area contributed by atoms with E-state index in [1.807, 2.05) is 4.90 Å². The van der Waals surface area contributed by atoms with Gasteiger partial charge in [0.25, 0.3) is 10.1 Å². The molecule has 0 aromatic carbocycles. The topological polar surface area (TPSA) is 72.9 Å². The third kappa shape index (κ3) is 2.97. The van der Waals surface area contributed by atoms with E-state index in [-0.39, 0.29) is 6.04 Å². The molecule has 2 aliphatic heterocycles. The molecule has 0 aromatic heterocycles. The predicted octanol–water partition coefficient (Wildman–Crippen LogP) is -0.453. The van der Waals surface area contributed by atoms with Crippen molar-refractivity contribution in [2.24, 2.45) is 0 Å². The highest BCUT2D eigenvalue weighted by Gasteiger charge is 2.40. The first kappa shape index (κ1) is 13.2. The minimum Gasteiger partial charge on any atom is -0.317 e. The smallest absolute Gasteiger partial charge is 0.295 e. The molecule has 1 unspecified atom stereocenters. The number of piperidine rings is 1. The minimum absolute atomic E-state index is 0.255. The lowest BCUT2D eigenvalue weighted by Gasteiger charge is -2.45. The first-order valence-corrected chi connectivity index (χ1v) is 7.63. The summed E-state index contributed by atoms with van der Waals surface area (Å²) in [7, 11) is -2.29. The van der Waals surface area contributed by atoms with Crippen molar-refractivity contribution in [3.8, 4) is 0 Å². The molecule has 6 nitrogen and oxygen atoms in total. The first-order chi connectivity index (χ1) is 8.00. The normalized spacial score (nSPS) is 30.6. The molecule has 17 heavy (non-hydrogen) atoms. The zero-order valence-electron chi connectivity index (χ0n) is 10.2. The zero-order valence-corrected chi connectivity index (χ0v) is 11.0. The number of hydrogen-bond donors (Lipinski definition) is 2. The average Bonchev–Trinajstić information content (AvgIpc) is 2.28. The second kappa shape index (κ2) is 5.19. The maximum atomic E-state index is 11.5. The van der Waals surface area contributed by atoms with Crippen LogP contribution in [0.25, 0.3) is 0 Å². The lowest BCUT2D eigenvalue weighted by molar-refractivity contribution is 0.0237. The van der Waals surface area contributed by atoms with E-state index in [1.165, 1.54) is 0 Å². The Balaban J connectivity index is 2.17. The van der Waals surface area contributed by atoms with Gasteiger partial charge in [-0.15, -0.1) is 0 Å². The molecule has 2 heterocycles. The van der Waals surface area contributed by atoms with Crippen LogP contribution in [0.15, 0.2) is 0 Å². The van der Waals surface area contributed by atoms with Crippen LogP contribution in [-0.4, -0.2) is 67.5 Å². The fourth-order valence-electron chi connectivity index (χ4n) is 2.88. The molecule has 0 aromatic rings. The fourth-order valence-corrected chi connectivity index (χ4v) is 4.06. The van der Waals surface area contributed by atoms with E-state index in [9.17, 15) is 13.0 Å². The molecule has 1 atom stereocenters. The molecule has 0 amide bonds. The Morgan fingerprint density at radius 2 is 1.88 bits per heavy atom. The van der Waals surface area contributed by atoms with E-state index in [2.05, 4.69) is 5.32 Å². The number of hydrogen-bond acceptors (Lipinski definition) is 5. The molecule has 2 N–H and O–H groups in total. The third-order valence-electron chi connectivity index (χ3n) is 3.63. The summed E-state index contributed by atoms with van der Waals surface area (Å²) >= 11 is 0. The average molecular weight is 263 g/mol. The van der Waals surface area contributed by atoms with Crippen LogP contribution >= 0.6 is 0 Å². The highest BCUT2D eigenvalue weighted by atomic mass is 32.2. The van der Waals surface area contributed by atoms with Gasteiger partial charge in [0.15, 0.2) is 5.50 Å². The molecule has 0 spiro atoms. The molecular weight excluding hydrogens is 242 g/mol. The van der Waals surface area contributed by atoms with Gasteiger partial charge in [0.05, 0.1) is 0 Å². The van der Waals surface area contributed by atoms with Gasteiger partial charge >= 0.3 is 0 Å². The van der Waals surface area contributed by atoms with Crippen LogP contribution in [0.2, 0.25) is 0 Å². The van der Waals surface area contributed by atoms with Gasteiger partial charge in [-0.05, 0) is 39.4 Å². The Hall–Kier alpha value is -0.210. The highest BCUT2D eigenvalue weighted by Crippen LogP contribution is 2.23. The Morgan fingerprint density at radius 1 is 1.24 bits per heavy atom. The Kier molecular flexibility index (Phi) is 4.04. The second-order valence-electron chi connectivity index (χ2n) is 4.89. The largest absolute Gasteiger partial charge is 0.317 e. The Bertz CT molecular complexity index is 354. The van der Waals surface area contributed by atoms with Gasteiger partial charge in [0.1, 0.15) is 0 Å². The van der Waals surface area contributed by atoms with Crippen molar-refractivity contribution in [1.82, 2.24) is 15.1 Å². The van der Waals surface area contributed by atoms with E-state index in [1.54, 1.807) is 11.9 Å². The van der Waals surface area contributed by atoms with E-state index in [0.717, 1.165) is 38.9 Å². The van der Waals surface area contributed by atoms with E-state index >= 15 is 0 Å². The molecule has 2 aliphatic rings. The summed E-state index contributed by atoms with van der Waals surface area (Å²) in [5, 5.41) is 3.27. The lowest BCUT2D eigenvalue weighted by Crippen LogP contribution is -2.60. The van der Waals surface area contributed by atoms with Crippen LogP contribution in [0.5, 0.6) is 0 Å². The quantitative estimate of drug-likeness (QED) is 0.657. The number of nitrogens with one attached hydrogen (secondary N) is 1. The SMILES string of the molecule is CN1CCCN(C2CCNCC2)C1S(=O)(=O)O. The Morgan fingerprint density at radius 3 is 2.47 bits per heavy atom. The number of rotatable bonds is 2. The van der Waals surface area contributed by atoms with Gasteiger partial charge in [-0.25, -0.2) is 0 Å². The zero-order chi connectivity index (χ0) is 12.5. The van der Waals surface area contributed by atoms with Gasteiger partial charge in [-0.3, -0.25) is 14.4 Å². The van der Waals surface area contributed by atoms with Crippen LogP contribution in [0.4, 0.5) is 0 Å². The molecule has 7 heteroatoms. The predicted molar refractivity (Wildman–Crippen MR) is 65.2 cm³/mol. The fraction of sp³-hybridized carbons (Fsp3) is 1.00. The second-order valence-corrected chi connectivity index (χ2v) is 6.35. The third-order valence-corrected chi connectivity index (χ3v) is 4.80. The molecule has 2 saturated heterocycles. The van der Waals surface area contributed by atoms with Crippen molar-refractivity contribution in [2.75, 3.05) is 33.2 Å². The molecule has 2 rings (SSSR count). The van der Waals surface area contributed by atoms with Crippen molar-refractivity contribution < 1.29 is 13.0 Å². The molecule has 0 radical (unpaired) electrons. The van der Waals surface area contributed by atoms with Gasteiger partial charge in [0.2, 0.25) is 0 Å². The molecule has 2 fully saturated rings. The van der Waals surface area contributed by atoms with Crippen LogP contribution in [-0.2, 0) is 10.1 Å². The standard InChI is InChI=1S/C10H21N3O3S/c1-12-7-2-8-13(10(12)17(14,15)16)9-3-5-11-6-4-9/h9-11H,2-8H2,1H3,(H,14,15,16). The summed E-state index contributed by atoms with van der Waals surface area (Å²) in [6.45, 7) is 3.30. The summed E-state index contributed by atoms with van der Waals surface area (Å²) in [5.74, 6) is 0. The maximum Gasteiger partial charge on any atom is 0.295 e. The molecule has 0 bridgehead atoms. The van der Waals surface area contributed by atoms with Crippen molar-refractivity contribution in [2.45, 2.75) is 30.8 Å². The van der Waals surface area contributed by atoms with Crippen LogP contribution < -0.4 is 5.32 Å². The van der Waals surface area contributed by atoms with Crippen LogP contribution in [0.3, 0.4) is 0 Å². The minimum atomic E-state index is -4.04. The highest BCUT2D eigenvalue weighted by molar-refractivity contribution is 7.86. The summed E-state index contributed by atoms with van der Waals surface area (Å²) < 4.78 is 32.4. The number of nitrogens with zero attached hydrogens (tertiary/aromatic N) is 2. The summed E-state index contributed by atoms with van der Waals surface area (Å²) in [6.07, 6.45) is 2.84. The first-order valence-electron chi connectivity index (χ1n) is 6.13. The van der Waals surface area contributed by atoms with E-state index in [0.29, 0.717) is 6.54 Å². The van der Waals surface area contributed by atoms with Crippen LogP contribution in [0, 0.1) is 0 Å². The van der Waals surface area contributed by atoms with Gasteiger partial charge in [-0.2, -0.15) is 8.42 Å². The molecule has 100 valence electrons. The van der Waals surface area contributed by atoms with Gasteiger partial charge < -0.3 is 5.32 Å². The maximum absolute atomic E-state index is 11.5. The molecule has 0 aliphatic carbocycles. The summed E-state index contributed by atoms with van der Waals surface area (Å²) in [5.41, 5.74) is -0.862. The van der Waals surface area contributed by atoms with Crippen molar-refractivity contribution >= 4 is 10.1 Å².